The fraction of sp³-hybridized carbons (Fsp3) is 0.538. The van der Waals surface area contributed by atoms with Gasteiger partial charge in [0, 0.05) is 46.0 Å². The standard InChI is InChI=1S/C13H20N4O/c1-14-13(18)11-17-8-6-16(7-9-17)10-12-4-2-3-5-15-12/h2-5H,6-11H2,1H3,(H,14,18). The summed E-state index contributed by atoms with van der Waals surface area (Å²) in [4.78, 5) is 20.2. The monoisotopic (exact) mass is 248 g/mol. The number of piperazine rings is 1. The van der Waals surface area contributed by atoms with Crippen molar-refractivity contribution in [3.05, 3.63) is 30.1 Å². The Labute approximate surface area is 108 Å². The summed E-state index contributed by atoms with van der Waals surface area (Å²) in [5, 5.41) is 2.66. The maximum atomic E-state index is 11.3. The van der Waals surface area contributed by atoms with Gasteiger partial charge < -0.3 is 5.32 Å². The minimum absolute atomic E-state index is 0.0909. The van der Waals surface area contributed by atoms with Crippen molar-refractivity contribution in [2.24, 2.45) is 0 Å². The quantitative estimate of drug-likeness (QED) is 0.811. The highest BCUT2D eigenvalue weighted by Crippen LogP contribution is 2.06. The maximum Gasteiger partial charge on any atom is 0.233 e. The van der Waals surface area contributed by atoms with Crippen molar-refractivity contribution in [3.8, 4) is 0 Å². The molecule has 0 bridgehead atoms. The van der Waals surface area contributed by atoms with Gasteiger partial charge in [0.2, 0.25) is 5.91 Å². The normalized spacial score (nSPS) is 17.6. The van der Waals surface area contributed by atoms with Crippen molar-refractivity contribution in [2.75, 3.05) is 39.8 Å². The third kappa shape index (κ3) is 3.78. The number of carbonyl (C=O) groups is 1. The Hall–Kier alpha value is -1.46. The summed E-state index contributed by atoms with van der Waals surface area (Å²) in [7, 11) is 1.68. The first kappa shape index (κ1) is 13.0. The van der Waals surface area contributed by atoms with Crippen LogP contribution in [0.1, 0.15) is 5.69 Å². The SMILES string of the molecule is CNC(=O)CN1CCN(Cc2ccccn2)CC1. The van der Waals surface area contributed by atoms with E-state index in [1.165, 1.54) is 0 Å². The Morgan fingerprint density at radius 1 is 1.28 bits per heavy atom. The Kier molecular flexibility index (Phi) is 4.66. The van der Waals surface area contributed by atoms with Crippen LogP contribution < -0.4 is 5.32 Å². The lowest BCUT2D eigenvalue weighted by atomic mass is 10.2. The molecule has 2 heterocycles. The molecule has 1 N–H and O–H groups in total. The molecule has 18 heavy (non-hydrogen) atoms. The largest absolute Gasteiger partial charge is 0.358 e. The predicted octanol–water partition coefficient (Wildman–Crippen LogP) is -0.0548. The molecule has 0 unspecified atom stereocenters. The van der Waals surface area contributed by atoms with Gasteiger partial charge in [-0.25, -0.2) is 0 Å². The summed E-state index contributed by atoms with van der Waals surface area (Å²) in [5.41, 5.74) is 1.11. The van der Waals surface area contributed by atoms with E-state index in [1.54, 1.807) is 7.05 Å². The van der Waals surface area contributed by atoms with Crippen molar-refractivity contribution in [1.82, 2.24) is 20.1 Å². The molecule has 0 saturated carbocycles. The average Bonchev–Trinajstić information content (AvgIpc) is 2.42. The molecule has 0 aliphatic carbocycles. The molecule has 1 aromatic heterocycles. The number of amides is 1. The lowest BCUT2D eigenvalue weighted by Crippen LogP contribution is -2.48. The number of pyridine rings is 1. The summed E-state index contributed by atoms with van der Waals surface area (Å²) in [6.45, 7) is 5.28. The van der Waals surface area contributed by atoms with E-state index >= 15 is 0 Å². The average molecular weight is 248 g/mol. The summed E-state index contributed by atoms with van der Waals surface area (Å²) < 4.78 is 0. The highest BCUT2D eigenvalue weighted by Gasteiger charge is 2.18. The van der Waals surface area contributed by atoms with Crippen LogP contribution in [0, 0.1) is 0 Å². The van der Waals surface area contributed by atoms with Gasteiger partial charge >= 0.3 is 0 Å². The molecule has 1 aliphatic rings. The summed E-state index contributed by atoms with van der Waals surface area (Å²) in [5.74, 6) is 0.0909. The van der Waals surface area contributed by atoms with Crippen molar-refractivity contribution >= 4 is 5.91 Å². The van der Waals surface area contributed by atoms with Crippen molar-refractivity contribution < 1.29 is 4.79 Å². The molecule has 5 heteroatoms. The van der Waals surface area contributed by atoms with Gasteiger partial charge in [0.25, 0.3) is 0 Å². The van der Waals surface area contributed by atoms with Crippen LogP contribution in [0.25, 0.3) is 0 Å². The molecule has 5 nitrogen and oxygen atoms in total. The summed E-state index contributed by atoms with van der Waals surface area (Å²) in [6, 6.07) is 6.01. The van der Waals surface area contributed by atoms with Gasteiger partial charge in [0.15, 0.2) is 0 Å². The lowest BCUT2D eigenvalue weighted by molar-refractivity contribution is -0.122. The maximum absolute atomic E-state index is 11.3. The molecule has 0 spiro atoms. The van der Waals surface area contributed by atoms with Crippen LogP contribution >= 0.6 is 0 Å². The van der Waals surface area contributed by atoms with Crippen molar-refractivity contribution in [2.45, 2.75) is 6.54 Å². The molecular formula is C13H20N4O. The highest BCUT2D eigenvalue weighted by molar-refractivity contribution is 5.77. The van der Waals surface area contributed by atoms with Gasteiger partial charge in [-0.15, -0.1) is 0 Å². The minimum Gasteiger partial charge on any atom is -0.358 e. The number of carbonyl (C=O) groups excluding carboxylic acids is 1. The Morgan fingerprint density at radius 3 is 2.61 bits per heavy atom. The molecule has 0 radical (unpaired) electrons. The molecule has 0 aromatic carbocycles. The van der Waals surface area contributed by atoms with E-state index in [1.807, 2.05) is 18.3 Å². The fourth-order valence-corrected chi connectivity index (χ4v) is 2.11. The molecule has 0 atom stereocenters. The van der Waals surface area contributed by atoms with Crippen LogP contribution in [-0.2, 0) is 11.3 Å². The molecule has 1 aromatic rings. The number of nitrogens with zero attached hydrogens (tertiary/aromatic N) is 3. The smallest absolute Gasteiger partial charge is 0.233 e. The van der Waals surface area contributed by atoms with Gasteiger partial charge in [0.1, 0.15) is 0 Å². The van der Waals surface area contributed by atoms with E-state index < -0.39 is 0 Å². The van der Waals surface area contributed by atoms with E-state index in [2.05, 4.69) is 26.2 Å². The van der Waals surface area contributed by atoms with Crippen molar-refractivity contribution in [3.63, 3.8) is 0 Å². The van der Waals surface area contributed by atoms with E-state index in [-0.39, 0.29) is 5.91 Å². The van der Waals surface area contributed by atoms with Crippen LogP contribution in [0.4, 0.5) is 0 Å². The third-order valence-corrected chi connectivity index (χ3v) is 3.22. The number of likely N-dealkylation sites (N-methyl/N-ethyl adjacent to an activating group) is 1. The molecular weight excluding hydrogens is 228 g/mol. The zero-order valence-electron chi connectivity index (χ0n) is 10.8. The number of hydrogen-bond donors (Lipinski definition) is 1. The minimum atomic E-state index is 0.0909. The van der Waals surface area contributed by atoms with Crippen LogP contribution in [0.3, 0.4) is 0 Å². The van der Waals surface area contributed by atoms with Crippen LogP contribution in [-0.4, -0.2) is 60.5 Å². The number of rotatable bonds is 4. The Balaban J connectivity index is 1.75. The Bertz CT molecular complexity index is 374. The molecule has 98 valence electrons. The van der Waals surface area contributed by atoms with Gasteiger partial charge in [-0.1, -0.05) is 6.07 Å². The first-order valence-electron chi connectivity index (χ1n) is 6.33. The molecule has 1 fully saturated rings. The second-order valence-electron chi connectivity index (χ2n) is 4.55. The van der Waals surface area contributed by atoms with Crippen molar-refractivity contribution in [1.29, 1.82) is 0 Å². The second kappa shape index (κ2) is 6.47. The number of nitrogens with one attached hydrogen (secondary N) is 1. The zero-order chi connectivity index (χ0) is 12.8. The number of aromatic nitrogens is 1. The highest BCUT2D eigenvalue weighted by atomic mass is 16.1. The van der Waals surface area contributed by atoms with E-state index in [9.17, 15) is 4.79 Å². The topological polar surface area (TPSA) is 48.5 Å². The summed E-state index contributed by atoms with van der Waals surface area (Å²) >= 11 is 0. The molecule has 1 amide bonds. The van der Waals surface area contributed by atoms with Crippen LogP contribution in [0.2, 0.25) is 0 Å². The fourth-order valence-electron chi connectivity index (χ4n) is 2.11. The predicted molar refractivity (Wildman–Crippen MR) is 70.0 cm³/mol. The van der Waals surface area contributed by atoms with Gasteiger partial charge in [-0.2, -0.15) is 0 Å². The zero-order valence-corrected chi connectivity index (χ0v) is 10.8. The third-order valence-electron chi connectivity index (χ3n) is 3.22. The van der Waals surface area contributed by atoms with Crippen LogP contribution in [0.15, 0.2) is 24.4 Å². The second-order valence-corrected chi connectivity index (χ2v) is 4.55. The van der Waals surface area contributed by atoms with Crippen LogP contribution in [0.5, 0.6) is 0 Å². The van der Waals surface area contributed by atoms with Gasteiger partial charge in [-0.3, -0.25) is 19.6 Å². The first-order chi connectivity index (χ1) is 8.78. The number of hydrogen-bond acceptors (Lipinski definition) is 4. The Morgan fingerprint density at radius 2 is 2.00 bits per heavy atom. The first-order valence-corrected chi connectivity index (χ1v) is 6.33. The van der Waals surface area contributed by atoms with Gasteiger partial charge in [0.05, 0.1) is 12.2 Å². The lowest BCUT2D eigenvalue weighted by Gasteiger charge is -2.33. The van der Waals surface area contributed by atoms with E-state index in [0.717, 1.165) is 38.4 Å². The molecule has 1 aliphatic heterocycles. The van der Waals surface area contributed by atoms with E-state index in [4.69, 9.17) is 0 Å². The summed E-state index contributed by atoms with van der Waals surface area (Å²) in [6.07, 6.45) is 1.83. The van der Waals surface area contributed by atoms with Gasteiger partial charge in [-0.05, 0) is 12.1 Å². The molecule has 1 saturated heterocycles. The molecule has 2 rings (SSSR count). The van der Waals surface area contributed by atoms with E-state index in [0.29, 0.717) is 6.54 Å².